The molecule has 2 heterocycles. The van der Waals surface area contributed by atoms with Crippen LogP contribution >= 0.6 is 11.6 Å². The quantitative estimate of drug-likeness (QED) is 0.439. The zero-order valence-corrected chi connectivity index (χ0v) is 18.6. The van der Waals surface area contributed by atoms with Gasteiger partial charge >= 0.3 is 0 Å². The summed E-state index contributed by atoms with van der Waals surface area (Å²) in [6.07, 6.45) is 2.08. The van der Waals surface area contributed by atoms with Crippen molar-refractivity contribution in [3.8, 4) is 6.07 Å². The van der Waals surface area contributed by atoms with E-state index < -0.39 is 0 Å². The van der Waals surface area contributed by atoms with Gasteiger partial charge in [-0.15, -0.1) is 0 Å². The minimum absolute atomic E-state index is 0.224. The average molecular weight is 441 g/mol. The van der Waals surface area contributed by atoms with Crippen LogP contribution in [0.2, 0.25) is 5.02 Å². The minimum Gasteiger partial charge on any atom is -0.361 e. The first kappa shape index (κ1) is 20.8. The molecule has 0 amide bonds. The first-order chi connectivity index (χ1) is 15.7. The molecule has 160 valence electrons. The summed E-state index contributed by atoms with van der Waals surface area (Å²) in [5.41, 5.74) is 5.63. The van der Waals surface area contributed by atoms with E-state index in [0.29, 0.717) is 5.56 Å². The third-order valence-corrected chi connectivity index (χ3v) is 6.62. The van der Waals surface area contributed by atoms with Crippen LogP contribution in [0.25, 0.3) is 10.9 Å². The molecule has 0 saturated carbocycles. The molecule has 1 saturated heterocycles. The highest BCUT2D eigenvalue weighted by molar-refractivity contribution is 6.30. The molecule has 0 bridgehead atoms. The number of aromatic nitrogens is 1. The monoisotopic (exact) mass is 440 g/mol. The van der Waals surface area contributed by atoms with Crippen LogP contribution in [-0.2, 0) is 6.54 Å². The molecule has 0 radical (unpaired) electrons. The lowest BCUT2D eigenvalue weighted by Crippen LogP contribution is -2.47. The summed E-state index contributed by atoms with van der Waals surface area (Å²) in [7, 11) is 0. The van der Waals surface area contributed by atoms with Crippen LogP contribution in [0.5, 0.6) is 0 Å². The van der Waals surface area contributed by atoms with Gasteiger partial charge in [-0.25, -0.2) is 0 Å². The predicted octanol–water partition coefficient (Wildman–Crippen LogP) is 5.60. The number of halogens is 1. The molecule has 3 aromatic carbocycles. The van der Waals surface area contributed by atoms with Crippen molar-refractivity contribution in [3.05, 3.63) is 106 Å². The predicted molar refractivity (Wildman–Crippen MR) is 130 cm³/mol. The second-order valence-electron chi connectivity index (χ2n) is 8.36. The van der Waals surface area contributed by atoms with Crippen molar-refractivity contribution in [2.24, 2.45) is 0 Å². The molecule has 1 atom stereocenters. The number of nitriles is 1. The summed E-state index contributed by atoms with van der Waals surface area (Å²) in [5, 5.41) is 11.2. The number of hydrogen-bond donors (Lipinski definition) is 1. The van der Waals surface area contributed by atoms with Gasteiger partial charge in [0.1, 0.15) is 0 Å². The van der Waals surface area contributed by atoms with Crippen LogP contribution in [0, 0.1) is 11.3 Å². The molecule has 1 fully saturated rings. The van der Waals surface area contributed by atoms with Crippen molar-refractivity contribution in [3.63, 3.8) is 0 Å². The summed E-state index contributed by atoms with van der Waals surface area (Å²) in [4.78, 5) is 8.42. The maximum atomic E-state index is 9.25. The Morgan fingerprint density at radius 2 is 1.62 bits per heavy atom. The van der Waals surface area contributed by atoms with Crippen LogP contribution in [0.1, 0.15) is 28.3 Å². The maximum absolute atomic E-state index is 9.25. The largest absolute Gasteiger partial charge is 0.361 e. The number of piperazine rings is 1. The molecule has 4 nitrogen and oxygen atoms in total. The number of H-pyrrole nitrogens is 1. The Kier molecular flexibility index (Phi) is 5.96. The first-order valence-corrected chi connectivity index (χ1v) is 11.4. The number of rotatable bonds is 5. The van der Waals surface area contributed by atoms with E-state index in [1.165, 1.54) is 16.7 Å². The van der Waals surface area contributed by atoms with Gasteiger partial charge in [0.25, 0.3) is 0 Å². The second kappa shape index (κ2) is 9.18. The van der Waals surface area contributed by atoms with Crippen molar-refractivity contribution in [2.45, 2.75) is 12.6 Å². The van der Waals surface area contributed by atoms with E-state index >= 15 is 0 Å². The Bertz CT molecular complexity index is 1230. The molecule has 32 heavy (non-hydrogen) atoms. The molecule has 4 aromatic rings. The van der Waals surface area contributed by atoms with E-state index in [-0.39, 0.29) is 6.04 Å². The highest BCUT2D eigenvalue weighted by Crippen LogP contribution is 2.31. The molecule has 1 N–H and O–H groups in total. The highest BCUT2D eigenvalue weighted by Gasteiger charge is 2.26. The van der Waals surface area contributed by atoms with Crippen LogP contribution < -0.4 is 0 Å². The van der Waals surface area contributed by atoms with Crippen LogP contribution in [0.4, 0.5) is 0 Å². The summed E-state index contributed by atoms with van der Waals surface area (Å²) >= 11 is 6.15. The summed E-state index contributed by atoms with van der Waals surface area (Å²) < 4.78 is 0. The van der Waals surface area contributed by atoms with Crippen molar-refractivity contribution >= 4 is 22.5 Å². The van der Waals surface area contributed by atoms with Crippen molar-refractivity contribution in [1.29, 1.82) is 5.26 Å². The summed E-state index contributed by atoms with van der Waals surface area (Å²) in [5.74, 6) is 0. The van der Waals surface area contributed by atoms with Gasteiger partial charge in [-0.2, -0.15) is 5.26 Å². The zero-order valence-electron chi connectivity index (χ0n) is 17.8. The average Bonchev–Trinajstić information content (AvgIpc) is 3.24. The third-order valence-electron chi connectivity index (χ3n) is 6.36. The van der Waals surface area contributed by atoms with Gasteiger partial charge in [0.2, 0.25) is 0 Å². The molecule has 5 heteroatoms. The van der Waals surface area contributed by atoms with Crippen molar-refractivity contribution in [1.82, 2.24) is 14.8 Å². The standard InChI is InChI=1S/C27H25ClN4/c28-24-9-7-22(8-10-24)27(21-4-2-1-3-5-21)32-14-12-31(13-15-32)19-23-18-30-26-11-6-20(17-29)16-25(23)26/h1-11,16,18,27,30H,12-15,19H2. The Morgan fingerprint density at radius 1 is 0.906 bits per heavy atom. The van der Waals surface area contributed by atoms with Gasteiger partial charge in [-0.3, -0.25) is 9.80 Å². The van der Waals surface area contributed by atoms with E-state index in [0.717, 1.165) is 48.6 Å². The smallest absolute Gasteiger partial charge is 0.0991 e. The molecule has 5 rings (SSSR count). The number of fused-ring (bicyclic) bond motifs is 1. The lowest BCUT2D eigenvalue weighted by molar-refractivity contribution is 0.105. The molecular formula is C27H25ClN4. The number of hydrogen-bond acceptors (Lipinski definition) is 3. The van der Waals surface area contributed by atoms with Gasteiger partial charge in [-0.1, -0.05) is 54.1 Å². The van der Waals surface area contributed by atoms with Gasteiger partial charge in [0, 0.05) is 54.8 Å². The Labute approximate surface area is 193 Å². The normalized spacial score (nSPS) is 16.1. The van der Waals surface area contributed by atoms with Crippen LogP contribution in [-0.4, -0.2) is 41.0 Å². The topological polar surface area (TPSA) is 46.1 Å². The Balaban J connectivity index is 1.32. The van der Waals surface area contributed by atoms with Crippen molar-refractivity contribution < 1.29 is 0 Å². The fourth-order valence-corrected chi connectivity index (χ4v) is 4.82. The molecular weight excluding hydrogens is 416 g/mol. The van der Waals surface area contributed by atoms with Crippen LogP contribution in [0.3, 0.4) is 0 Å². The Hall–Kier alpha value is -3.10. The fourth-order valence-electron chi connectivity index (χ4n) is 4.69. The molecule has 0 spiro atoms. The van der Waals surface area contributed by atoms with E-state index in [2.05, 4.69) is 69.5 Å². The maximum Gasteiger partial charge on any atom is 0.0991 e. The molecule has 1 aliphatic heterocycles. The Morgan fingerprint density at radius 3 is 2.34 bits per heavy atom. The molecule has 1 aromatic heterocycles. The first-order valence-electron chi connectivity index (χ1n) is 11.0. The van der Waals surface area contributed by atoms with E-state index in [9.17, 15) is 5.26 Å². The van der Waals surface area contributed by atoms with E-state index in [1.807, 2.05) is 30.3 Å². The van der Waals surface area contributed by atoms with Gasteiger partial charge < -0.3 is 4.98 Å². The SMILES string of the molecule is N#Cc1ccc2[nH]cc(CN3CCN(C(c4ccccc4)c4ccc(Cl)cc4)CC3)c2c1. The molecule has 1 unspecified atom stereocenters. The minimum atomic E-state index is 0.224. The number of aromatic amines is 1. The second-order valence-corrected chi connectivity index (χ2v) is 8.80. The van der Waals surface area contributed by atoms with Gasteiger partial charge in [-0.05, 0) is 47.0 Å². The summed E-state index contributed by atoms with van der Waals surface area (Å²) in [6, 6.07) is 27.3. The molecule has 0 aliphatic carbocycles. The number of nitrogens with zero attached hydrogens (tertiary/aromatic N) is 3. The zero-order chi connectivity index (χ0) is 21.9. The third kappa shape index (κ3) is 4.28. The van der Waals surface area contributed by atoms with Gasteiger partial charge in [0.15, 0.2) is 0 Å². The number of benzene rings is 3. The number of nitrogens with one attached hydrogen (secondary N) is 1. The van der Waals surface area contributed by atoms with Crippen LogP contribution in [0.15, 0.2) is 79.0 Å². The van der Waals surface area contributed by atoms with Crippen molar-refractivity contribution in [2.75, 3.05) is 26.2 Å². The van der Waals surface area contributed by atoms with E-state index in [4.69, 9.17) is 11.6 Å². The lowest BCUT2D eigenvalue weighted by atomic mass is 9.96. The highest BCUT2D eigenvalue weighted by atomic mass is 35.5. The lowest BCUT2D eigenvalue weighted by Gasteiger charge is -2.39. The summed E-state index contributed by atoms with van der Waals surface area (Å²) in [6.45, 7) is 4.88. The fraction of sp³-hybridized carbons (Fsp3) is 0.222. The van der Waals surface area contributed by atoms with E-state index in [1.54, 1.807) is 0 Å². The van der Waals surface area contributed by atoms with Gasteiger partial charge in [0.05, 0.1) is 17.7 Å². The molecule has 1 aliphatic rings.